The molecule has 23 heavy (non-hydrogen) atoms. The molecular formula is C19H24N2O2. The lowest BCUT2D eigenvalue weighted by Crippen LogP contribution is -2.53. The Morgan fingerprint density at radius 1 is 1.17 bits per heavy atom. The van der Waals surface area contributed by atoms with Crippen LogP contribution in [0.2, 0.25) is 0 Å². The summed E-state index contributed by atoms with van der Waals surface area (Å²) < 4.78 is 5.50. The molecule has 0 N–H and O–H groups in total. The highest BCUT2D eigenvalue weighted by molar-refractivity contribution is 5.95. The molecule has 0 spiro atoms. The second-order valence-corrected chi connectivity index (χ2v) is 6.46. The Labute approximate surface area is 137 Å². The van der Waals surface area contributed by atoms with E-state index in [1.165, 1.54) is 11.3 Å². The maximum atomic E-state index is 12.7. The average molecular weight is 312 g/mol. The molecule has 1 amide bonds. The maximum absolute atomic E-state index is 12.7. The Bertz CT molecular complexity index is 720. The molecule has 1 aliphatic rings. The van der Waals surface area contributed by atoms with Crippen molar-refractivity contribution in [2.45, 2.75) is 33.7 Å². The molecule has 4 nitrogen and oxygen atoms in total. The van der Waals surface area contributed by atoms with Crippen LogP contribution in [0, 0.1) is 20.8 Å². The number of piperazine rings is 1. The summed E-state index contributed by atoms with van der Waals surface area (Å²) in [6.07, 6.45) is 0. The number of benzene rings is 1. The van der Waals surface area contributed by atoms with E-state index >= 15 is 0 Å². The molecule has 0 aliphatic carbocycles. The third kappa shape index (κ3) is 3.11. The highest BCUT2D eigenvalue weighted by Gasteiger charge is 2.29. The third-order valence-corrected chi connectivity index (χ3v) is 4.52. The molecular weight excluding hydrogens is 288 g/mol. The van der Waals surface area contributed by atoms with Crippen LogP contribution in [0.3, 0.4) is 0 Å². The molecule has 1 aromatic carbocycles. The van der Waals surface area contributed by atoms with E-state index in [0.29, 0.717) is 17.4 Å². The monoisotopic (exact) mass is 312 g/mol. The van der Waals surface area contributed by atoms with Gasteiger partial charge in [0.05, 0.1) is 5.56 Å². The van der Waals surface area contributed by atoms with Crippen molar-refractivity contribution in [1.29, 1.82) is 0 Å². The van der Waals surface area contributed by atoms with Gasteiger partial charge in [-0.15, -0.1) is 0 Å². The first kappa shape index (κ1) is 15.7. The van der Waals surface area contributed by atoms with Crippen LogP contribution in [-0.4, -0.2) is 36.5 Å². The topological polar surface area (TPSA) is 36.7 Å². The van der Waals surface area contributed by atoms with Gasteiger partial charge >= 0.3 is 0 Å². The van der Waals surface area contributed by atoms with Crippen molar-refractivity contribution in [3.05, 3.63) is 53.0 Å². The zero-order chi connectivity index (χ0) is 16.6. The van der Waals surface area contributed by atoms with Crippen LogP contribution in [0.5, 0.6) is 0 Å². The van der Waals surface area contributed by atoms with E-state index in [4.69, 9.17) is 4.42 Å². The van der Waals surface area contributed by atoms with Crippen molar-refractivity contribution < 1.29 is 9.21 Å². The molecule has 1 fully saturated rings. The Hall–Kier alpha value is -2.23. The fourth-order valence-corrected chi connectivity index (χ4v) is 3.35. The van der Waals surface area contributed by atoms with E-state index in [1.807, 2.05) is 24.8 Å². The Morgan fingerprint density at radius 2 is 1.96 bits per heavy atom. The van der Waals surface area contributed by atoms with Crippen LogP contribution in [0.4, 0.5) is 5.69 Å². The largest absolute Gasteiger partial charge is 0.466 e. The second-order valence-electron chi connectivity index (χ2n) is 6.46. The van der Waals surface area contributed by atoms with Gasteiger partial charge < -0.3 is 14.2 Å². The average Bonchev–Trinajstić information content (AvgIpc) is 2.85. The minimum Gasteiger partial charge on any atom is -0.466 e. The van der Waals surface area contributed by atoms with Crippen molar-refractivity contribution >= 4 is 11.6 Å². The summed E-state index contributed by atoms with van der Waals surface area (Å²) in [6, 6.07) is 10.7. The number of nitrogens with zero attached hydrogens (tertiary/aromatic N) is 2. The maximum Gasteiger partial charge on any atom is 0.257 e. The smallest absolute Gasteiger partial charge is 0.257 e. The molecule has 1 aliphatic heterocycles. The molecule has 0 unspecified atom stereocenters. The third-order valence-electron chi connectivity index (χ3n) is 4.52. The van der Waals surface area contributed by atoms with Crippen LogP contribution in [0.25, 0.3) is 0 Å². The first-order valence-corrected chi connectivity index (χ1v) is 8.15. The minimum atomic E-state index is 0.0788. The first-order valence-electron chi connectivity index (χ1n) is 8.15. The van der Waals surface area contributed by atoms with Crippen molar-refractivity contribution in [1.82, 2.24) is 4.90 Å². The van der Waals surface area contributed by atoms with Crippen molar-refractivity contribution in [2.24, 2.45) is 0 Å². The zero-order valence-corrected chi connectivity index (χ0v) is 14.3. The van der Waals surface area contributed by atoms with Gasteiger partial charge in [0.15, 0.2) is 0 Å². The van der Waals surface area contributed by atoms with Gasteiger partial charge in [-0.25, -0.2) is 0 Å². The molecule has 1 aromatic heterocycles. The van der Waals surface area contributed by atoms with E-state index in [1.54, 1.807) is 0 Å². The summed E-state index contributed by atoms with van der Waals surface area (Å²) in [6.45, 7) is 10.3. The number of hydrogen-bond acceptors (Lipinski definition) is 3. The number of hydrogen-bond donors (Lipinski definition) is 0. The Balaban J connectivity index is 1.73. The molecule has 122 valence electrons. The van der Waals surface area contributed by atoms with Crippen LogP contribution < -0.4 is 4.90 Å². The van der Waals surface area contributed by atoms with Gasteiger partial charge in [-0.2, -0.15) is 0 Å². The molecule has 4 heteroatoms. The second kappa shape index (κ2) is 6.11. The van der Waals surface area contributed by atoms with Crippen molar-refractivity contribution in [2.75, 3.05) is 24.5 Å². The summed E-state index contributed by atoms with van der Waals surface area (Å²) in [4.78, 5) is 17.0. The number of furan rings is 1. The fourth-order valence-electron chi connectivity index (χ4n) is 3.35. The van der Waals surface area contributed by atoms with Gasteiger partial charge in [-0.3, -0.25) is 4.79 Å². The standard InChI is InChI=1S/C19H24N2O2/c1-13-6-5-7-17(10-13)21-9-8-20(12-14(21)2)19(22)18-11-15(3)23-16(18)4/h5-7,10-11,14H,8-9,12H2,1-4H3/t14-/m1/s1. The minimum absolute atomic E-state index is 0.0788. The number of carbonyl (C=O) groups excluding carboxylic acids is 1. The molecule has 2 heterocycles. The van der Waals surface area contributed by atoms with Crippen LogP contribution in [0.1, 0.15) is 34.4 Å². The number of amides is 1. The van der Waals surface area contributed by atoms with Crippen molar-refractivity contribution in [3.8, 4) is 0 Å². The summed E-state index contributed by atoms with van der Waals surface area (Å²) in [5.74, 6) is 1.58. The molecule has 0 saturated carbocycles. The summed E-state index contributed by atoms with van der Waals surface area (Å²) >= 11 is 0. The molecule has 0 radical (unpaired) electrons. The number of rotatable bonds is 2. The highest BCUT2D eigenvalue weighted by atomic mass is 16.3. The van der Waals surface area contributed by atoms with Crippen LogP contribution >= 0.6 is 0 Å². The van der Waals surface area contributed by atoms with Gasteiger partial charge in [0.2, 0.25) is 0 Å². The van der Waals surface area contributed by atoms with Gasteiger partial charge in [-0.1, -0.05) is 12.1 Å². The predicted molar refractivity (Wildman–Crippen MR) is 92.1 cm³/mol. The van der Waals surface area contributed by atoms with E-state index < -0.39 is 0 Å². The highest BCUT2D eigenvalue weighted by Crippen LogP contribution is 2.23. The van der Waals surface area contributed by atoms with E-state index in [0.717, 1.165) is 25.4 Å². The Morgan fingerprint density at radius 3 is 2.57 bits per heavy atom. The number of carbonyl (C=O) groups is 1. The normalized spacial score (nSPS) is 18.3. The molecule has 3 rings (SSSR count). The summed E-state index contributed by atoms with van der Waals surface area (Å²) in [5, 5.41) is 0. The summed E-state index contributed by atoms with van der Waals surface area (Å²) in [7, 11) is 0. The fraction of sp³-hybridized carbons (Fsp3) is 0.421. The van der Waals surface area contributed by atoms with E-state index in [2.05, 4.69) is 43.0 Å². The quantitative estimate of drug-likeness (QED) is 0.851. The van der Waals surface area contributed by atoms with E-state index in [-0.39, 0.29) is 5.91 Å². The SMILES string of the molecule is Cc1cccc(N2CCN(C(=O)c3cc(C)oc3C)C[C@H]2C)c1. The molecule has 1 atom stereocenters. The molecule has 1 saturated heterocycles. The van der Waals surface area contributed by atoms with Gasteiger partial charge in [-0.05, 0) is 51.5 Å². The van der Waals surface area contributed by atoms with Gasteiger partial charge in [0.25, 0.3) is 5.91 Å². The molecule has 2 aromatic rings. The lowest BCUT2D eigenvalue weighted by molar-refractivity contribution is 0.0724. The molecule has 0 bridgehead atoms. The zero-order valence-electron chi connectivity index (χ0n) is 14.3. The van der Waals surface area contributed by atoms with Crippen LogP contribution in [0.15, 0.2) is 34.7 Å². The van der Waals surface area contributed by atoms with Crippen molar-refractivity contribution in [3.63, 3.8) is 0 Å². The number of aryl methyl sites for hydroxylation is 3. The lowest BCUT2D eigenvalue weighted by atomic mass is 10.1. The Kier molecular flexibility index (Phi) is 4.16. The summed E-state index contributed by atoms with van der Waals surface area (Å²) in [5.41, 5.74) is 3.19. The van der Waals surface area contributed by atoms with Gasteiger partial charge in [0.1, 0.15) is 11.5 Å². The first-order chi connectivity index (χ1) is 11.0. The van der Waals surface area contributed by atoms with Gasteiger partial charge in [0, 0.05) is 31.4 Å². The number of anilines is 1. The predicted octanol–water partition coefficient (Wildman–Crippen LogP) is 3.56. The lowest BCUT2D eigenvalue weighted by Gasteiger charge is -2.41. The van der Waals surface area contributed by atoms with E-state index in [9.17, 15) is 4.79 Å². The van der Waals surface area contributed by atoms with Crippen LogP contribution in [-0.2, 0) is 0 Å².